The van der Waals surface area contributed by atoms with Crippen LogP contribution in [-0.2, 0) is 65.4 Å². The highest BCUT2D eigenvalue weighted by molar-refractivity contribution is 7.47. The monoisotopic (exact) mass is 1400 g/mol. The molecule has 0 aromatic heterocycles. The van der Waals surface area contributed by atoms with Crippen molar-refractivity contribution in [3.8, 4) is 0 Å². The second-order valence-electron chi connectivity index (χ2n) is 27.6. The van der Waals surface area contributed by atoms with Crippen LogP contribution in [0, 0.1) is 5.92 Å². The lowest BCUT2D eigenvalue weighted by Gasteiger charge is -2.21. The van der Waals surface area contributed by atoms with Crippen molar-refractivity contribution >= 4 is 39.5 Å². The van der Waals surface area contributed by atoms with Crippen molar-refractivity contribution in [1.29, 1.82) is 0 Å². The van der Waals surface area contributed by atoms with Crippen molar-refractivity contribution in [1.82, 2.24) is 0 Å². The number of aliphatic hydroxyl groups excluding tert-OH is 1. The number of carbonyl (C=O) groups is 4. The largest absolute Gasteiger partial charge is 0.472 e. The van der Waals surface area contributed by atoms with Gasteiger partial charge in [0.05, 0.1) is 26.4 Å². The van der Waals surface area contributed by atoms with Crippen LogP contribution in [-0.4, -0.2) is 96.7 Å². The zero-order chi connectivity index (χ0) is 69.8. The van der Waals surface area contributed by atoms with E-state index in [1.165, 1.54) is 225 Å². The number of unbranched alkanes of at least 4 members (excludes halogenated alkanes) is 47. The fourth-order valence-electron chi connectivity index (χ4n) is 11.7. The van der Waals surface area contributed by atoms with Gasteiger partial charge >= 0.3 is 39.5 Å². The van der Waals surface area contributed by atoms with Crippen LogP contribution >= 0.6 is 15.6 Å². The molecular formula is C76H148O17P2. The molecule has 17 nitrogen and oxygen atoms in total. The number of hydrogen-bond donors (Lipinski definition) is 3. The number of hydrogen-bond acceptors (Lipinski definition) is 15. The standard InChI is InChI=1S/C76H148O17P2/c1-6-10-13-16-19-22-25-27-28-29-30-31-32-33-34-37-40-47-52-57-62-76(81)93-72(66-87-74(79)60-55-50-45-42-41-43-48-53-58-69(5)9-4)68-91-95(84,85)89-64-70(77)63-88-94(82,83)90-67-71(65-86-73(78)59-54-49-44-38-35-24-21-18-15-12-8-3)92-75(80)61-56-51-46-39-36-26-23-20-17-14-11-7-2/h69-72,77H,6-68H2,1-5H3,(H,82,83)(H,84,85)/t69?,70-,71+,72+/m0/s1. The Morgan fingerprint density at radius 2 is 0.505 bits per heavy atom. The molecule has 0 aromatic carbocycles. The molecule has 19 heteroatoms. The highest BCUT2D eigenvalue weighted by atomic mass is 31.2. The fourth-order valence-corrected chi connectivity index (χ4v) is 13.3. The van der Waals surface area contributed by atoms with Gasteiger partial charge in [0, 0.05) is 25.7 Å². The predicted molar refractivity (Wildman–Crippen MR) is 386 cm³/mol. The van der Waals surface area contributed by atoms with Crippen LogP contribution in [0.1, 0.15) is 401 Å². The summed E-state index contributed by atoms with van der Waals surface area (Å²) in [4.78, 5) is 72.8. The molecule has 0 aliphatic heterocycles. The summed E-state index contributed by atoms with van der Waals surface area (Å²) < 4.78 is 68.5. The molecule has 6 atom stereocenters. The Bertz CT molecular complexity index is 1820. The van der Waals surface area contributed by atoms with Gasteiger partial charge in [0.2, 0.25) is 0 Å². The van der Waals surface area contributed by atoms with Crippen LogP contribution < -0.4 is 0 Å². The van der Waals surface area contributed by atoms with Crippen LogP contribution in [0.4, 0.5) is 0 Å². The summed E-state index contributed by atoms with van der Waals surface area (Å²) >= 11 is 0. The van der Waals surface area contributed by atoms with E-state index in [1.807, 2.05) is 0 Å². The average molecular weight is 1400 g/mol. The van der Waals surface area contributed by atoms with E-state index in [-0.39, 0.29) is 25.7 Å². The second-order valence-corrected chi connectivity index (χ2v) is 30.5. The molecule has 0 spiro atoms. The van der Waals surface area contributed by atoms with Crippen LogP contribution in [0.2, 0.25) is 0 Å². The van der Waals surface area contributed by atoms with Gasteiger partial charge in [-0.25, -0.2) is 9.13 Å². The third-order valence-corrected chi connectivity index (χ3v) is 20.0. The first-order valence-corrected chi connectivity index (χ1v) is 42.7. The number of ether oxygens (including phenoxy) is 4. The molecule has 0 amide bonds. The van der Waals surface area contributed by atoms with E-state index in [2.05, 4.69) is 34.6 Å². The Morgan fingerprint density at radius 1 is 0.295 bits per heavy atom. The molecule has 0 saturated carbocycles. The maximum atomic E-state index is 13.1. The van der Waals surface area contributed by atoms with Gasteiger partial charge in [0.25, 0.3) is 0 Å². The zero-order valence-electron chi connectivity index (χ0n) is 61.8. The highest BCUT2D eigenvalue weighted by Crippen LogP contribution is 2.45. The summed E-state index contributed by atoms with van der Waals surface area (Å²) in [5.74, 6) is -1.34. The van der Waals surface area contributed by atoms with E-state index in [0.29, 0.717) is 25.7 Å². The van der Waals surface area contributed by atoms with Crippen molar-refractivity contribution in [2.75, 3.05) is 39.6 Å². The Morgan fingerprint density at radius 3 is 0.747 bits per heavy atom. The van der Waals surface area contributed by atoms with Gasteiger partial charge in [-0.15, -0.1) is 0 Å². The lowest BCUT2D eigenvalue weighted by atomic mass is 9.99. The lowest BCUT2D eigenvalue weighted by Crippen LogP contribution is -2.30. The Kier molecular flexibility index (Phi) is 67.7. The van der Waals surface area contributed by atoms with Crippen molar-refractivity contribution in [2.24, 2.45) is 5.92 Å². The Labute approximate surface area is 581 Å². The molecule has 0 rings (SSSR count). The molecule has 0 radical (unpaired) electrons. The maximum Gasteiger partial charge on any atom is 0.472 e. The van der Waals surface area contributed by atoms with Gasteiger partial charge in [-0.3, -0.25) is 37.3 Å². The Hall–Kier alpha value is -1.94. The van der Waals surface area contributed by atoms with Gasteiger partial charge in [0.1, 0.15) is 19.3 Å². The molecule has 3 unspecified atom stereocenters. The summed E-state index contributed by atoms with van der Waals surface area (Å²) in [5.41, 5.74) is 0. The second kappa shape index (κ2) is 69.2. The minimum Gasteiger partial charge on any atom is -0.462 e. The molecular weight excluding hydrogens is 1250 g/mol. The van der Waals surface area contributed by atoms with Crippen LogP contribution in [0.3, 0.4) is 0 Å². The molecule has 0 aliphatic carbocycles. The fraction of sp³-hybridized carbons (Fsp3) is 0.947. The van der Waals surface area contributed by atoms with Crippen molar-refractivity contribution in [3.05, 3.63) is 0 Å². The van der Waals surface area contributed by atoms with Crippen LogP contribution in [0.5, 0.6) is 0 Å². The minimum atomic E-state index is -4.96. The van der Waals surface area contributed by atoms with Crippen LogP contribution in [0.25, 0.3) is 0 Å². The molecule has 0 aromatic rings. The molecule has 0 aliphatic rings. The quantitative estimate of drug-likeness (QED) is 0.0222. The van der Waals surface area contributed by atoms with E-state index >= 15 is 0 Å². The summed E-state index contributed by atoms with van der Waals surface area (Å²) in [6.45, 7) is 7.29. The SMILES string of the molecule is CCCCCCCCCCCCCCCCCCCCCCC(=O)O[C@H](COC(=O)CCCCCCCCCCC(C)CC)COP(=O)(O)OC[C@@H](O)COP(=O)(O)OC[C@@H](COC(=O)CCCCCCCCCCCCC)OC(=O)CCCCCCCCCCCCCC. The first-order valence-electron chi connectivity index (χ1n) is 39.7. The molecule has 0 saturated heterocycles. The summed E-state index contributed by atoms with van der Waals surface area (Å²) in [7, 11) is -9.91. The van der Waals surface area contributed by atoms with E-state index in [1.54, 1.807) is 0 Å². The van der Waals surface area contributed by atoms with Gasteiger partial charge in [-0.2, -0.15) is 0 Å². The van der Waals surface area contributed by atoms with Gasteiger partial charge in [0.15, 0.2) is 12.2 Å². The van der Waals surface area contributed by atoms with E-state index in [9.17, 15) is 43.2 Å². The molecule has 95 heavy (non-hydrogen) atoms. The van der Waals surface area contributed by atoms with E-state index < -0.39 is 97.5 Å². The molecule has 0 fully saturated rings. The van der Waals surface area contributed by atoms with Crippen molar-refractivity contribution < 1.29 is 80.2 Å². The zero-order valence-corrected chi connectivity index (χ0v) is 63.6. The average Bonchev–Trinajstić information content (AvgIpc) is 3.68. The molecule has 0 bridgehead atoms. The summed E-state index contributed by atoms with van der Waals surface area (Å²) in [6.07, 6.45) is 58.2. The third-order valence-electron chi connectivity index (χ3n) is 18.1. The molecule has 3 N–H and O–H groups in total. The number of esters is 4. The highest BCUT2D eigenvalue weighted by Gasteiger charge is 2.30. The summed E-state index contributed by atoms with van der Waals surface area (Å²) in [5, 5.41) is 10.6. The molecule has 564 valence electrons. The van der Waals surface area contributed by atoms with Gasteiger partial charge in [-0.1, -0.05) is 349 Å². The number of phosphoric acid groups is 2. The first kappa shape index (κ1) is 93.1. The smallest absolute Gasteiger partial charge is 0.462 e. The van der Waals surface area contributed by atoms with Crippen molar-refractivity contribution in [2.45, 2.75) is 419 Å². The third kappa shape index (κ3) is 69.0. The minimum absolute atomic E-state index is 0.108. The maximum absolute atomic E-state index is 13.1. The van der Waals surface area contributed by atoms with Gasteiger partial charge in [-0.05, 0) is 31.6 Å². The van der Waals surface area contributed by atoms with E-state index in [4.69, 9.17) is 37.0 Å². The van der Waals surface area contributed by atoms with Crippen LogP contribution in [0.15, 0.2) is 0 Å². The van der Waals surface area contributed by atoms with Gasteiger partial charge < -0.3 is 33.8 Å². The van der Waals surface area contributed by atoms with E-state index in [0.717, 1.165) is 95.8 Å². The van der Waals surface area contributed by atoms with Crippen molar-refractivity contribution in [3.63, 3.8) is 0 Å². The normalized spacial score (nSPS) is 14.2. The predicted octanol–water partition coefficient (Wildman–Crippen LogP) is 22.5. The number of aliphatic hydroxyl groups is 1. The first-order chi connectivity index (χ1) is 46.1. The number of rotatable bonds is 76. The number of phosphoric ester groups is 2. The Balaban J connectivity index is 5.21. The summed E-state index contributed by atoms with van der Waals surface area (Å²) in [6, 6.07) is 0. The molecule has 0 heterocycles. The topological polar surface area (TPSA) is 237 Å². The lowest BCUT2D eigenvalue weighted by molar-refractivity contribution is -0.161. The number of carbonyl (C=O) groups excluding carboxylic acids is 4.